The minimum Gasteiger partial charge on any atom is -0.475 e. The minimum atomic E-state index is -0.753. The molecule has 0 aliphatic heterocycles. The Morgan fingerprint density at radius 1 is 1.16 bits per heavy atom. The maximum absolute atomic E-state index is 12.9. The molecular weight excluding hydrogens is 340 g/mol. The predicted octanol–water partition coefficient (Wildman–Crippen LogP) is 4.78. The average Bonchev–Trinajstić information content (AvgIpc) is 2.57. The van der Waals surface area contributed by atoms with Gasteiger partial charge >= 0.3 is 0 Å². The molecule has 128 valence electrons. The van der Waals surface area contributed by atoms with Gasteiger partial charge in [0.05, 0.1) is 5.39 Å². The second-order valence-electron chi connectivity index (χ2n) is 5.97. The number of benzene rings is 2. The van der Waals surface area contributed by atoms with Crippen LogP contribution in [0.25, 0.3) is 22.3 Å². The molecule has 0 fully saturated rings. The molecule has 0 aliphatic rings. The first-order valence-electron chi connectivity index (χ1n) is 7.87. The Morgan fingerprint density at radius 2 is 1.84 bits per heavy atom. The lowest BCUT2D eigenvalue weighted by molar-refractivity contribution is -0.122. The molecule has 1 unspecified atom stereocenters. The van der Waals surface area contributed by atoms with E-state index in [1.54, 1.807) is 43.3 Å². The van der Waals surface area contributed by atoms with Crippen molar-refractivity contribution in [1.82, 2.24) is 0 Å². The van der Waals surface area contributed by atoms with Crippen LogP contribution in [-0.4, -0.2) is 11.9 Å². The summed E-state index contributed by atoms with van der Waals surface area (Å²) in [6.45, 7) is 4.94. The first-order valence-corrected chi connectivity index (χ1v) is 8.25. The zero-order valence-electron chi connectivity index (χ0n) is 14.1. The summed E-state index contributed by atoms with van der Waals surface area (Å²) >= 11 is 5.94. The molecule has 4 nitrogen and oxygen atoms in total. The van der Waals surface area contributed by atoms with Crippen LogP contribution in [0.3, 0.4) is 0 Å². The first kappa shape index (κ1) is 17.2. The van der Waals surface area contributed by atoms with Crippen molar-refractivity contribution >= 4 is 28.4 Å². The molecule has 1 aromatic heterocycles. The van der Waals surface area contributed by atoms with Gasteiger partial charge < -0.3 is 9.15 Å². The highest BCUT2D eigenvalue weighted by molar-refractivity contribution is 6.30. The van der Waals surface area contributed by atoms with Crippen molar-refractivity contribution < 1.29 is 13.9 Å². The number of fused-ring (bicyclic) bond motifs is 1. The number of carbonyl (C=O) groups is 1. The number of hydrogen-bond acceptors (Lipinski definition) is 4. The van der Waals surface area contributed by atoms with Crippen molar-refractivity contribution in [1.29, 1.82) is 0 Å². The molecule has 25 heavy (non-hydrogen) atoms. The van der Waals surface area contributed by atoms with E-state index < -0.39 is 6.10 Å². The van der Waals surface area contributed by atoms with Crippen LogP contribution in [0, 0.1) is 6.92 Å². The summed E-state index contributed by atoms with van der Waals surface area (Å²) in [6.07, 6.45) is -0.753. The molecule has 5 heteroatoms. The van der Waals surface area contributed by atoms with Gasteiger partial charge in [-0.05, 0) is 62.7 Å². The van der Waals surface area contributed by atoms with Crippen LogP contribution in [0.15, 0.2) is 51.7 Å². The summed E-state index contributed by atoms with van der Waals surface area (Å²) in [4.78, 5) is 24.5. The van der Waals surface area contributed by atoms with Gasteiger partial charge in [-0.25, -0.2) is 0 Å². The van der Waals surface area contributed by atoms with E-state index in [2.05, 4.69) is 0 Å². The Labute approximate surface area is 150 Å². The quantitative estimate of drug-likeness (QED) is 0.675. The van der Waals surface area contributed by atoms with Crippen LogP contribution < -0.4 is 10.2 Å². The fraction of sp³-hybridized carbons (Fsp3) is 0.200. The van der Waals surface area contributed by atoms with E-state index in [4.69, 9.17) is 20.8 Å². The van der Waals surface area contributed by atoms with Crippen molar-refractivity contribution in [2.24, 2.45) is 0 Å². The SMILES string of the molecule is CC(=O)C(C)Oc1c(-c2ccc(Cl)cc2)oc2cc(C)ccc2c1=O. The highest BCUT2D eigenvalue weighted by atomic mass is 35.5. The Hall–Kier alpha value is -2.59. The maximum atomic E-state index is 12.9. The fourth-order valence-corrected chi connectivity index (χ4v) is 2.57. The van der Waals surface area contributed by atoms with Crippen molar-refractivity contribution in [3.8, 4) is 17.1 Å². The molecule has 3 rings (SSSR count). The third kappa shape index (κ3) is 3.44. The van der Waals surface area contributed by atoms with Gasteiger partial charge in [0.1, 0.15) is 5.58 Å². The van der Waals surface area contributed by atoms with Crippen LogP contribution in [0.1, 0.15) is 19.4 Å². The zero-order valence-corrected chi connectivity index (χ0v) is 14.9. The van der Waals surface area contributed by atoms with E-state index in [1.165, 1.54) is 6.92 Å². The molecule has 0 N–H and O–H groups in total. The number of carbonyl (C=O) groups excluding carboxylic acids is 1. The molecule has 1 heterocycles. The van der Waals surface area contributed by atoms with E-state index >= 15 is 0 Å². The monoisotopic (exact) mass is 356 g/mol. The minimum absolute atomic E-state index is 0.0291. The normalized spacial score (nSPS) is 12.2. The largest absolute Gasteiger partial charge is 0.475 e. The molecule has 3 aromatic rings. The number of ether oxygens (including phenoxy) is 1. The molecule has 0 aliphatic carbocycles. The predicted molar refractivity (Wildman–Crippen MR) is 98.4 cm³/mol. The molecule has 1 atom stereocenters. The summed E-state index contributed by atoms with van der Waals surface area (Å²) in [5, 5.41) is 0.983. The van der Waals surface area contributed by atoms with E-state index in [1.807, 2.05) is 13.0 Å². The smallest absolute Gasteiger partial charge is 0.235 e. The van der Waals surface area contributed by atoms with Gasteiger partial charge in [0.25, 0.3) is 0 Å². The fourth-order valence-electron chi connectivity index (χ4n) is 2.44. The highest BCUT2D eigenvalue weighted by Gasteiger charge is 2.21. The molecular formula is C20H17ClO4. The number of ketones is 1. The van der Waals surface area contributed by atoms with Gasteiger partial charge in [-0.15, -0.1) is 0 Å². The second kappa shape index (κ2) is 6.73. The summed E-state index contributed by atoms with van der Waals surface area (Å²) in [5.41, 5.74) is 1.79. The highest BCUT2D eigenvalue weighted by Crippen LogP contribution is 2.32. The average molecular weight is 357 g/mol. The van der Waals surface area contributed by atoms with Gasteiger partial charge in [0.2, 0.25) is 11.2 Å². The number of aryl methyl sites for hydroxylation is 1. The molecule has 0 radical (unpaired) electrons. The Balaban J connectivity index is 2.29. The summed E-state index contributed by atoms with van der Waals surface area (Å²) < 4.78 is 11.7. The number of rotatable bonds is 4. The van der Waals surface area contributed by atoms with Crippen molar-refractivity contribution in [3.05, 3.63) is 63.3 Å². The topological polar surface area (TPSA) is 56.5 Å². The molecule has 0 saturated carbocycles. The van der Waals surface area contributed by atoms with Crippen molar-refractivity contribution in [2.75, 3.05) is 0 Å². The number of hydrogen-bond donors (Lipinski definition) is 0. The lowest BCUT2D eigenvalue weighted by Crippen LogP contribution is -2.24. The van der Waals surface area contributed by atoms with Gasteiger partial charge in [-0.3, -0.25) is 9.59 Å². The Bertz CT molecular complexity index is 1000. The summed E-state index contributed by atoms with van der Waals surface area (Å²) in [5.74, 6) is 0.139. The van der Waals surface area contributed by atoms with Crippen LogP contribution in [0.2, 0.25) is 5.02 Å². The lowest BCUT2D eigenvalue weighted by atomic mass is 10.1. The van der Waals surface area contributed by atoms with Crippen LogP contribution in [0.4, 0.5) is 0 Å². The van der Waals surface area contributed by atoms with E-state index in [0.717, 1.165) is 5.56 Å². The molecule has 0 amide bonds. The lowest BCUT2D eigenvalue weighted by Gasteiger charge is -2.15. The van der Waals surface area contributed by atoms with Gasteiger partial charge in [0, 0.05) is 10.6 Å². The van der Waals surface area contributed by atoms with Gasteiger partial charge in [0.15, 0.2) is 17.6 Å². The Kier molecular flexibility index (Phi) is 4.64. The van der Waals surface area contributed by atoms with Crippen molar-refractivity contribution in [3.63, 3.8) is 0 Å². The Morgan fingerprint density at radius 3 is 2.48 bits per heavy atom. The standard InChI is InChI=1S/C20H17ClO4/c1-11-4-9-16-17(10-11)25-19(14-5-7-15(21)8-6-14)20(18(16)23)24-13(3)12(2)22/h4-10,13H,1-3H3. The van der Waals surface area contributed by atoms with E-state index in [-0.39, 0.29) is 22.7 Å². The van der Waals surface area contributed by atoms with Crippen LogP contribution in [-0.2, 0) is 4.79 Å². The number of Topliss-reactive ketones (excluding diaryl/α,β-unsaturated/α-hetero) is 1. The third-order valence-corrected chi connectivity index (χ3v) is 4.23. The molecule has 2 aromatic carbocycles. The second-order valence-corrected chi connectivity index (χ2v) is 6.40. The number of halogens is 1. The molecule has 0 spiro atoms. The third-order valence-electron chi connectivity index (χ3n) is 3.98. The maximum Gasteiger partial charge on any atom is 0.235 e. The molecule has 0 bridgehead atoms. The van der Waals surface area contributed by atoms with Crippen LogP contribution >= 0.6 is 11.6 Å². The van der Waals surface area contributed by atoms with Crippen LogP contribution in [0.5, 0.6) is 5.75 Å². The first-order chi connectivity index (χ1) is 11.9. The van der Waals surface area contributed by atoms with E-state index in [0.29, 0.717) is 21.6 Å². The summed E-state index contributed by atoms with van der Waals surface area (Å²) in [6, 6.07) is 12.2. The van der Waals surface area contributed by atoms with Gasteiger partial charge in [-0.1, -0.05) is 17.7 Å². The van der Waals surface area contributed by atoms with E-state index in [9.17, 15) is 9.59 Å². The molecule has 0 saturated heterocycles. The van der Waals surface area contributed by atoms with Gasteiger partial charge in [-0.2, -0.15) is 0 Å². The summed E-state index contributed by atoms with van der Waals surface area (Å²) in [7, 11) is 0. The van der Waals surface area contributed by atoms with Crippen molar-refractivity contribution in [2.45, 2.75) is 26.9 Å². The zero-order chi connectivity index (χ0) is 18.1.